The van der Waals surface area contributed by atoms with Gasteiger partial charge in [0, 0.05) is 41.6 Å². The van der Waals surface area contributed by atoms with Gasteiger partial charge in [0.05, 0.1) is 19.4 Å². The molecular formula is C41H53NOSi. The van der Waals surface area contributed by atoms with Crippen LogP contribution in [0.2, 0.25) is 12.6 Å². The fourth-order valence-electron chi connectivity index (χ4n) is 8.35. The quantitative estimate of drug-likeness (QED) is 0.116. The van der Waals surface area contributed by atoms with Crippen LogP contribution in [0.1, 0.15) is 112 Å². The number of ether oxygens (including phenoxy) is 1. The van der Waals surface area contributed by atoms with Crippen LogP contribution in [0, 0.1) is 6.92 Å². The van der Waals surface area contributed by atoms with Crippen LogP contribution in [-0.4, -0.2) is 24.8 Å². The van der Waals surface area contributed by atoms with E-state index in [2.05, 4.69) is 126 Å². The number of aryl methyl sites for hydroxylation is 2. The first-order chi connectivity index (χ1) is 21.1. The van der Waals surface area contributed by atoms with Crippen LogP contribution < -0.4 is 0 Å². The summed E-state index contributed by atoms with van der Waals surface area (Å²) in [5.74, 6) is 0.549. The lowest BCUT2D eigenvalue weighted by Crippen LogP contribution is -2.40. The Hall–Kier alpha value is -2.88. The maximum atomic E-state index is 6.05. The molecule has 3 unspecified atom stereocenters. The Kier molecular flexibility index (Phi) is 8.83. The van der Waals surface area contributed by atoms with Crippen molar-refractivity contribution in [1.82, 2.24) is 4.57 Å². The number of nitrogens with zero attached hydrogens (tertiary/aromatic N) is 1. The summed E-state index contributed by atoms with van der Waals surface area (Å²) >= 11 is 0. The highest BCUT2D eigenvalue weighted by atomic mass is 28.3. The molecule has 2 aliphatic carbocycles. The third kappa shape index (κ3) is 5.67. The highest BCUT2D eigenvalue weighted by molar-refractivity contribution is 6.97. The first-order valence-corrected chi connectivity index (χ1v) is 20.1. The van der Waals surface area contributed by atoms with Crippen LogP contribution in [0.5, 0.6) is 0 Å². The molecule has 3 heteroatoms. The van der Waals surface area contributed by atoms with Crippen molar-refractivity contribution in [2.45, 2.75) is 109 Å². The monoisotopic (exact) mass is 603 g/mol. The van der Waals surface area contributed by atoms with Crippen molar-refractivity contribution >= 4 is 24.2 Å². The molecule has 0 saturated heterocycles. The summed E-state index contributed by atoms with van der Waals surface area (Å²) in [7, 11) is 0.170. The smallest absolute Gasteiger partial charge is 0.0962 e. The van der Waals surface area contributed by atoms with Gasteiger partial charge in [0.25, 0.3) is 0 Å². The standard InChI is InChI=1S/C41H53NOSi/c1-8-9-18-30-28-37(32-20-13-12-19-31(30)32)44(7,26-17-11-10-16-25-43-41(3,4)5)40-34-22-15-14-21-33(34)39-38(40)35-27-29(2)23-24-36(35)42(39)6/h12-15,19-24,27-28,30,40H,8-11,16-18,25-26H2,1-7H3. The van der Waals surface area contributed by atoms with Crippen LogP contribution in [-0.2, 0) is 11.8 Å². The Morgan fingerprint density at radius 1 is 0.841 bits per heavy atom. The van der Waals surface area contributed by atoms with Gasteiger partial charge in [0.15, 0.2) is 0 Å². The second-order valence-corrected chi connectivity index (χ2v) is 19.3. The fourth-order valence-corrected chi connectivity index (χ4v) is 13.5. The van der Waals surface area contributed by atoms with Gasteiger partial charge in [-0.1, -0.05) is 123 Å². The van der Waals surface area contributed by atoms with Gasteiger partial charge in [-0.3, -0.25) is 0 Å². The number of hydrogen-bond acceptors (Lipinski definition) is 1. The summed E-state index contributed by atoms with van der Waals surface area (Å²) in [4.78, 5) is 0. The lowest BCUT2D eigenvalue weighted by molar-refractivity contribution is -0.00471. The van der Waals surface area contributed by atoms with E-state index in [0.29, 0.717) is 11.5 Å². The highest BCUT2D eigenvalue weighted by Gasteiger charge is 2.49. The molecule has 1 aromatic heterocycles. The van der Waals surface area contributed by atoms with E-state index in [9.17, 15) is 0 Å². The molecule has 0 fully saturated rings. The van der Waals surface area contributed by atoms with Gasteiger partial charge < -0.3 is 9.30 Å². The Balaban J connectivity index is 1.44. The van der Waals surface area contributed by atoms with E-state index in [4.69, 9.17) is 4.74 Å². The number of rotatable bonds is 12. The summed E-state index contributed by atoms with van der Waals surface area (Å²) in [5, 5.41) is 3.19. The molecule has 232 valence electrons. The second kappa shape index (κ2) is 12.5. The van der Waals surface area contributed by atoms with Crippen molar-refractivity contribution in [2.24, 2.45) is 7.05 Å². The molecule has 3 atom stereocenters. The Morgan fingerprint density at radius 2 is 1.55 bits per heavy atom. The summed E-state index contributed by atoms with van der Waals surface area (Å²) in [5.41, 5.74) is 12.4. The van der Waals surface area contributed by atoms with E-state index in [0.717, 1.165) is 13.0 Å². The number of aromatic nitrogens is 1. The maximum Gasteiger partial charge on any atom is 0.0962 e. The zero-order chi connectivity index (χ0) is 31.1. The van der Waals surface area contributed by atoms with Crippen molar-refractivity contribution < 1.29 is 4.74 Å². The molecule has 0 spiro atoms. The molecular weight excluding hydrogens is 551 g/mol. The number of fused-ring (bicyclic) bond motifs is 6. The van der Waals surface area contributed by atoms with Crippen molar-refractivity contribution in [1.29, 1.82) is 0 Å². The van der Waals surface area contributed by atoms with E-state index in [-0.39, 0.29) is 5.60 Å². The Morgan fingerprint density at radius 3 is 2.30 bits per heavy atom. The van der Waals surface area contributed by atoms with Gasteiger partial charge in [0.1, 0.15) is 0 Å². The first-order valence-electron chi connectivity index (χ1n) is 17.3. The summed E-state index contributed by atoms with van der Waals surface area (Å²) in [6.45, 7) is 14.7. The zero-order valence-electron chi connectivity index (χ0n) is 28.3. The van der Waals surface area contributed by atoms with E-state index in [1.54, 1.807) is 27.5 Å². The molecule has 0 amide bonds. The number of unbranched alkanes of at least 4 members (excludes halogenated alkanes) is 4. The molecule has 3 aromatic carbocycles. The minimum absolute atomic E-state index is 0.0491. The molecule has 0 bridgehead atoms. The molecule has 2 aliphatic rings. The van der Waals surface area contributed by atoms with Gasteiger partial charge in [-0.2, -0.15) is 0 Å². The van der Waals surface area contributed by atoms with Crippen molar-refractivity contribution in [2.75, 3.05) is 6.61 Å². The van der Waals surface area contributed by atoms with Gasteiger partial charge in [-0.15, -0.1) is 0 Å². The summed E-state index contributed by atoms with van der Waals surface area (Å²) in [6, 6.07) is 27.3. The van der Waals surface area contributed by atoms with E-state index in [1.807, 2.05) is 0 Å². The average molecular weight is 604 g/mol. The third-order valence-corrected chi connectivity index (χ3v) is 15.4. The molecule has 44 heavy (non-hydrogen) atoms. The van der Waals surface area contributed by atoms with E-state index < -0.39 is 8.07 Å². The molecule has 0 aliphatic heterocycles. The van der Waals surface area contributed by atoms with Crippen molar-refractivity contribution in [3.8, 4) is 11.3 Å². The van der Waals surface area contributed by atoms with Crippen LogP contribution >= 0.6 is 0 Å². The molecule has 0 radical (unpaired) electrons. The number of benzene rings is 3. The zero-order valence-corrected chi connectivity index (χ0v) is 29.3. The molecule has 1 heterocycles. The topological polar surface area (TPSA) is 14.2 Å². The molecule has 4 aromatic rings. The van der Waals surface area contributed by atoms with Crippen LogP contribution in [0.25, 0.3) is 27.4 Å². The Bertz CT molecular complexity index is 1670. The largest absolute Gasteiger partial charge is 0.376 e. The molecule has 0 N–H and O–H groups in total. The van der Waals surface area contributed by atoms with Crippen molar-refractivity contribution in [3.63, 3.8) is 0 Å². The van der Waals surface area contributed by atoms with Gasteiger partial charge in [-0.05, 0) is 74.9 Å². The third-order valence-electron chi connectivity index (χ3n) is 10.5. The van der Waals surface area contributed by atoms with Gasteiger partial charge >= 0.3 is 0 Å². The lowest BCUT2D eigenvalue weighted by Gasteiger charge is -2.37. The highest BCUT2D eigenvalue weighted by Crippen LogP contribution is 2.58. The molecule has 0 saturated carbocycles. The van der Waals surface area contributed by atoms with E-state index in [1.165, 1.54) is 72.3 Å². The molecule has 6 rings (SSSR count). The summed E-state index contributed by atoms with van der Waals surface area (Å²) < 4.78 is 8.54. The second-order valence-electron chi connectivity index (χ2n) is 14.8. The number of hydrogen-bond donors (Lipinski definition) is 0. The predicted octanol–water partition coefficient (Wildman–Crippen LogP) is 11.5. The van der Waals surface area contributed by atoms with Gasteiger partial charge in [0.2, 0.25) is 0 Å². The van der Waals surface area contributed by atoms with E-state index >= 15 is 0 Å². The summed E-state index contributed by atoms with van der Waals surface area (Å²) in [6.07, 6.45) is 11.5. The fraction of sp³-hybridized carbons (Fsp3) is 0.463. The minimum Gasteiger partial charge on any atom is -0.376 e. The minimum atomic E-state index is -2.12. The SMILES string of the molecule is CCCCC1C=C([Si](C)(CCCCCCOC(C)(C)C)C2c3ccccc3-c3c2c2cc(C)ccc2n3C)c2ccccc21. The van der Waals surface area contributed by atoms with Gasteiger partial charge in [-0.25, -0.2) is 0 Å². The Labute approximate surface area is 267 Å². The lowest BCUT2D eigenvalue weighted by atomic mass is 9.96. The predicted molar refractivity (Wildman–Crippen MR) is 192 cm³/mol. The number of allylic oxidation sites excluding steroid dienone is 1. The maximum absolute atomic E-state index is 6.05. The van der Waals surface area contributed by atoms with Crippen molar-refractivity contribution in [3.05, 3.63) is 101 Å². The van der Waals surface area contributed by atoms with Crippen LogP contribution in [0.15, 0.2) is 72.8 Å². The van der Waals surface area contributed by atoms with Crippen LogP contribution in [0.3, 0.4) is 0 Å². The first kappa shape index (κ1) is 31.1. The normalized spacial score (nSPS) is 18.7. The average Bonchev–Trinajstić information content (AvgIpc) is 3.63. The molecule has 2 nitrogen and oxygen atoms in total. The van der Waals surface area contributed by atoms with Crippen LogP contribution in [0.4, 0.5) is 0 Å².